The van der Waals surface area contributed by atoms with Gasteiger partial charge in [0.1, 0.15) is 11.6 Å². The number of rotatable bonds is 5. The number of sulfonamides is 1. The summed E-state index contributed by atoms with van der Waals surface area (Å²) in [5, 5.41) is 2.25. The van der Waals surface area contributed by atoms with Crippen molar-refractivity contribution in [2.75, 3.05) is 32.7 Å². The summed E-state index contributed by atoms with van der Waals surface area (Å²) in [6.07, 6.45) is -4.59. The van der Waals surface area contributed by atoms with Crippen LogP contribution in [0.25, 0.3) is 0 Å². The average molecular weight is 491 g/mol. The van der Waals surface area contributed by atoms with Crippen molar-refractivity contribution in [3.05, 3.63) is 65.2 Å². The molecule has 0 unspecified atom stereocenters. The van der Waals surface area contributed by atoms with Crippen molar-refractivity contribution in [1.82, 2.24) is 14.5 Å². The van der Waals surface area contributed by atoms with Gasteiger partial charge in [0, 0.05) is 37.8 Å². The van der Waals surface area contributed by atoms with Gasteiger partial charge in [-0.3, -0.25) is 9.59 Å². The third-order valence-corrected chi connectivity index (χ3v) is 6.85. The van der Waals surface area contributed by atoms with Gasteiger partial charge in [0.25, 0.3) is 5.91 Å². The molecule has 13 heteroatoms. The van der Waals surface area contributed by atoms with Gasteiger partial charge in [-0.25, -0.2) is 17.2 Å². The molecule has 0 bridgehead atoms. The molecule has 1 aliphatic rings. The van der Waals surface area contributed by atoms with Crippen molar-refractivity contribution in [3.8, 4) is 0 Å². The lowest BCUT2D eigenvalue weighted by Gasteiger charge is -2.34. The summed E-state index contributed by atoms with van der Waals surface area (Å²) >= 11 is 0. The van der Waals surface area contributed by atoms with Crippen molar-refractivity contribution in [3.63, 3.8) is 0 Å². The summed E-state index contributed by atoms with van der Waals surface area (Å²) in [6, 6.07) is 5.34. The van der Waals surface area contributed by atoms with Gasteiger partial charge in [0.05, 0.1) is 17.0 Å². The van der Waals surface area contributed by atoms with Crippen molar-refractivity contribution < 1.29 is 40.0 Å². The smallest absolute Gasteiger partial charge is 0.343 e. The molecule has 0 radical (unpaired) electrons. The minimum absolute atomic E-state index is 0.0108. The molecule has 0 spiro atoms. The van der Waals surface area contributed by atoms with E-state index in [4.69, 9.17) is 0 Å². The number of nitrogens with zero attached hydrogens (tertiary/aromatic N) is 2. The molecule has 7 nitrogen and oxygen atoms in total. The van der Waals surface area contributed by atoms with Crippen LogP contribution in [0.1, 0.15) is 15.9 Å². The number of benzene rings is 2. The van der Waals surface area contributed by atoms with Gasteiger partial charge >= 0.3 is 6.18 Å². The van der Waals surface area contributed by atoms with E-state index in [-0.39, 0.29) is 36.6 Å². The number of halogens is 5. The zero-order valence-corrected chi connectivity index (χ0v) is 17.7. The Morgan fingerprint density at radius 1 is 0.909 bits per heavy atom. The van der Waals surface area contributed by atoms with E-state index < -0.39 is 51.8 Å². The molecule has 33 heavy (non-hydrogen) atoms. The van der Waals surface area contributed by atoms with Crippen molar-refractivity contribution in [2.24, 2.45) is 0 Å². The summed E-state index contributed by atoms with van der Waals surface area (Å²) in [5.41, 5.74) is -1.27. The van der Waals surface area contributed by atoms with Gasteiger partial charge in [0.15, 0.2) is 0 Å². The summed E-state index contributed by atoms with van der Waals surface area (Å²) in [5.74, 6) is -3.29. The van der Waals surface area contributed by atoms with Crippen LogP contribution in [0.2, 0.25) is 0 Å². The van der Waals surface area contributed by atoms with Crippen LogP contribution in [0.3, 0.4) is 0 Å². The fourth-order valence-corrected chi connectivity index (χ4v) is 4.62. The van der Waals surface area contributed by atoms with E-state index >= 15 is 0 Å². The third kappa shape index (κ3) is 5.85. The Labute approximate surface area is 185 Å². The SMILES string of the molecule is O=C(NCC(=O)N1CCN(S(=O)(=O)c2ccc(C(F)(F)F)cc2)CC1)c1cc(F)cc(F)c1. The highest BCUT2D eigenvalue weighted by atomic mass is 32.2. The third-order valence-electron chi connectivity index (χ3n) is 4.94. The number of carbonyl (C=O) groups is 2. The van der Waals surface area contributed by atoms with Crippen LogP contribution in [0.15, 0.2) is 47.4 Å². The van der Waals surface area contributed by atoms with Gasteiger partial charge in [-0.05, 0) is 36.4 Å². The molecular formula is C20H18F5N3O4S. The molecular weight excluding hydrogens is 473 g/mol. The first kappa shape index (κ1) is 24.6. The van der Waals surface area contributed by atoms with Crippen LogP contribution in [-0.4, -0.2) is 62.2 Å². The highest BCUT2D eigenvalue weighted by Crippen LogP contribution is 2.30. The average Bonchev–Trinajstić information content (AvgIpc) is 2.76. The predicted molar refractivity (Wildman–Crippen MR) is 105 cm³/mol. The Kier molecular flexibility index (Phi) is 7.03. The molecule has 1 heterocycles. The van der Waals surface area contributed by atoms with E-state index in [9.17, 15) is 40.0 Å². The van der Waals surface area contributed by atoms with Gasteiger partial charge in [0.2, 0.25) is 15.9 Å². The van der Waals surface area contributed by atoms with Gasteiger partial charge in [-0.1, -0.05) is 0 Å². The van der Waals surface area contributed by atoms with Crippen LogP contribution in [0.4, 0.5) is 22.0 Å². The van der Waals surface area contributed by atoms with E-state index in [1.54, 1.807) is 0 Å². The topological polar surface area (TPSA) is 86.8 Å². The number of amides is 2. The Hall–Kier alpha value is -3.06. The second kappa shape index (κ2) is 9.43. The maximum atomic E-state index is 13.2. The molecule has 0 aromatic heterocycles. The van der Waals surface area contributed by atoms with E-state index in [1.807, 2.05) is 0 Å². The maximum absolute atomic E-state index is 13.2. The lowest BCUT2D eigenvalue weighted by Crippen LogP contribution is -2.52. The Morgan fingerprint density at radius 2 is 1.45 bits per heavy atom. The van der Waals surface area contributed by atoms with Crippen LogP contribution in [-0.2, 0) is 21.0 Å². The monoisotopic (exact) mass is 491 g/mol. The Morgan fingerprint density at radius 3 is 1.97 bits per heavy atom. The van der Waals surface area contributed by atoms with Gasteiger partial charge in [-0.2, -0.15) is 17.5 Å². The summed E-state index contributed by atoms with van der Waals surface area (Å²) in [4.78, 5) is 25.3. The normalized spacial score (nSPS) is 15.4. The first-order valence-corrected chi connectivity index (χ1v) is 11.0. The summed E-state index contributed by atoms with van der Waals surface area (Å²) in [7, 11) is -4.06. The van der Waals surface area contributed by atoms with E-state index in [0.717, 1.165) is 28.6 Å². The molecule has 178 valence electrons. The largest absolute Gasteiger partial charge is 0.416 e. The minimum Gasteiger partial charge on any atom is -0.343 e. The highest BCUT2D eigenvalue weighted by molar-refractivity contribution is 7.89. The van der Waals surface area contributed by atoms with Crippen LogP contribution < -0.4 is 5.32 Å². The van der Waals surface area contributed by atoms with E-state index in [2.05, 4.69) is 5.32 Å². The molecule has 2 aromatic rings. The second-order valence-electron chi connectivity index (χ2n) is 7.15. The first-order chi connectivity index (χ1) is 15.4. The molecule has 0 saturated carbocycles. The number of hydrogen-bond acceptors (Lipinski definition) is 4. The molecule has 0 aliphatic carbocycles. The quantitative estimate of drug-likeness (QED) is 0.651. The zero-order chi connectivity index (χ0) is 24.4. The van der Waals surface area contributed by atoms with Crippen molar-refractivity contribution in [1.29, 1.82) is 0 Å². The molecule has 1 saturated heterocycles. The maximum Gasteiger partial charge on any atom is 0.416 e. The second-order valence-corrected chi connectivity index (χ2v) is 9.09. The molecule has 1 aliphatic heterocycles. The first-order valence-electron chi connectivity index (χ1n) is 9.57. The Balaban J connectivity index is 1.55. The summed E-state index contributed by atoms with van der Waals surface area (Å²) < 4.78 is 90.8. The van der Waals surface area contributed by atoms with Gasteiger partial charge in [-0.15, -0.1) is 0 Å². The number of hydrogen-bond donors (Lipinski definition) is 1. The zero-order valence-electron chi connectivity index (χ0n) is 16.9. The lowest BCUT2D eigenvalue weighted by molar-refractivity contribution is -0.137. The minimum atomic E-state index is -4.59. The molecule has 0 atom stereocenters. The molecule has 1 N–H and O–H groups in total. The number of nitrogens with one attached hydrogen (secondary N) is 1. The van der Waals surface area contributed by atoms with Crippen LogP contribution in [0.5, 0.6) is 0 Å². The highest BCUT2D eigenvalue weighted by Gasteiger charge is 2.33. The fraction of sp³-hybridized carbons (Fsp3) is 0.300. The van der Waals surface area contributed by atoms with E-state index in [0.29, 0.717) is 18.2 Å². The van der Waals surface area contributed by atoms with Gasteiger partial charge < -0.3 is 10.2 Å². The van der Waals surface area contributed by atoms with Crippen molar-refractivity contribution >= 4 is 21.8 Å². The summed E-state index contributed by atoms with van der Waals surface area (Å²) in [6.45, 7) is -0.689. The number of carbonyl (C=O) groups excluding carboxylic acids is 2. The van der Waals surface area contributed by atoms with Crippen LogP contribution in [0, 0.1) is 11.6 Å². The predicted octanol–water partition coefficient (Wildman–Crippen LogP) is 2.25. The Bertz CT molecular complexity index is 1130. The van der Waals surface area contributed by atoms with Crippen LogP contribution >= 0.6 is 0 Å². The number of alkyl halides is 3. The molecule has 3 rings (SSSR count). The van der Waals surface area contributed by atoms with E-state index in [1.165, 1.54) is 4.90 Å². The number of piperazine rings is 1. The van der Waals surface area contributed by atoms with Crippen molar-refractivity contribution in [2.45, 2.75) is 11.1 Å². The molecule has 2 aromatic carbocycles. The fourth-order valence-electron chi connectivity index (χ4n) is 3.20. The molecule has 2 amide bonds. The molecule has 1 fully saturated rings. The lowest BCUT2D eigenvalue weighted by atomic mass is 10.2. The standard InChI is InChI=1S/C20H18F5N3O4S/c21-15-9-13(10-16(22)11-15)19(30)26-12-18(29)27-5-7-28(8-6-27)33(31,32)17-3-1-14(2-4-17)20(23,24)25/h1-4,9-11H,5-8,12H2,(H,26,30).